The summed E-state index contributed by atoms with van der Waals surface area (Å²) in [6.07, 6.45) is -4.49. The molecule has 0 aliphatic carbocycles. The minimum Gasteiger partial charge on any atom is -0.475 e. The highest BCUT2D eigenvalue weighted by Crippen LogP contribution is 2.41. The summed E-state index contributed by atoms with van der Waals surface area (Å²) in [5, 5.41) is 11.9. The summed E-state index contributed by atoms with van der Waals surface area (Å²) >= 11 is 0.854. The maximum absolute atomic E-state index is 13.1. The molecular weight excluding hydrogens is 379 g/mol. The molecule has 1 heterocycles. The Kier molecular flexibility index (Phi) is 7.06. The van der Waals surface area contributed by atoms with Gasteiger partial charge in [0.25, 0.3) is 0 Å². The predicted octanol–water partition coefficient (Wildman–Crippen LogP) is 4.51. The maximum Gasteiger partial charge on any atom is 0.417 e. The van der Waals surface area contributed by atoms with Gasteiger partial charge in [-0.2, -0.15) is 13.2 Å². The molecule has 1 aromatic carbocycles. The number of carboxylic acids is 1. The zero-order chi connectivity index (χ0) is 17.9. The average Bonchev–Trinajstić information content (AvgIpc) is 2.50. The van der Waals surface area contributed by atoms with Crippen molar-refractivity contribution in [3.05, 3.63) is 41.3 Å². The molecule has 0 radical (unpaired) electrons. The van der Waals surface area contributed by atoms with Gasteiger partial charge < -0.3 is 10.4 Å². The van der Waals surface area contributed by atoms with Crippen LogP contribution in [0.3, 0.4) is 0 Å². The molecular formula is C15H15ClF3N3O2S. The first kappa shape index (κ1) is 21.0. The molecule has 0 aliphatic heterocycles. The first-order valence-corrected chi connectivity index (χ1v) is 7.75. The number of benzene rings is 1. The molecule has 2 rings (SSSR count). The Morgan fingerprint density at radius 1 is 1.28 bits per heavy atom. The molecule has 0 spiro atoms. The highest BCUT2D eigenvalue weighted by atomic mass is 35.5. The van der Waals surface area contributed by atoms with Gasteiger partial charge in [0.15, 0.2) is 0 Å². The number of alkyl halides is 3. The van der Waals surface area contributed by atoms with Gasteiger partial charge in [0, 0.05) is 11.4 Å². The second-order valence-electron chi connectivity index (χ2n) is 4.74. The van der Waals surface area contributed by atoms with Gasteiger partial charge in [-0.15, -0.1) is 12.4 Å². The normalized spacial score (nSPS) is 10.9. The first-order valence-electron chi connectivity index (χ1n) is 6.94. The zero-order valence-corrected chi connectivity index (χ0v) is 14.8. The van der Waals surface area contributed by atoms with Crippen LogP contribution in [0.1, 0.15) is 28.8 Å². The lowest BCUT2D eigenvalue weighted by atomic mass is 10.2. The Morgan fingerprint density at radius 2 is 1.92 bits per heavy atom. The van der Waals surface area contributed by atoms with Gasteiger partial charge in [0.2, 0.25) is 5.82 Å². The van der Waals surface area contributed by atoms with Crippen LogP contribution in [0, 0.1) is 6.92 Å². The van der Waals surface area contributed by atoms with Gasteiger partial charge in [-0.25, -0.2) is 14.8 Å². The minimum absolute atomic E-state index is 0. The number of hydrogen-bond donors (Lipinski definition) is 2. The minimum atomic E-state index is -4.49. The quantitative estimate of drug-likeness (QED) is 0.778. The number of nitrogens with one attached hydrogen (secondary N) is 1. The van der Waals surface area contributed by atoms with Gasteiger partial charge in [-0.05, 0) is 26.0 Å². The van der Waals surface area contributed by atoms with E-state index in [0.717, 1.165) is 17.8 Å². The number of carbonyl (C=O) groups is 1. The van der Waals surface area contributed by atoms with Gasteiger partial charge >= 0.3 is 12.1 Å². The number of hydrogen-bond acceptors (Lipinski definition) is 5. The number of halogens is 4. The average molecular weight is 394 g/mol. The van der Waals surface area contributed by atoms with Crippen molar-refractivity contribution >= 4 is 36.0 Å². The molecule has 0 amide bonds. The largest absolute Gasteiger partial charge is 0.475 e. The van der Waals surface area contributed by atoms with E-state index in [9.17, 15) is 18.0 Å². The molecule has 10 heteroatoms. The van der Waals surface area contributed by atoms with Crippen molar-refractivity contribution in [3.63, 3.8) is 0 Å². The van der Waals surface area contributed by atoms with Crippen LogP contribution in [0.25, 0.3) is 0 Å². The third-order valence-electron chi connectivity index (χ3n) is 2.97. The molecule has 0 saturated heterocycles. The number of carboxylic acid groups (broad SMARTS) is 1. The van der Waals surface area contributed by atoms with Crippen molar-refractivity contribution in [2.45, 2.75) is 29.8 Å². The molecule has 5 nitrogen and oxygen atoms in total. The van der Waals surface area contributed by atoms with E-state index >= 15 is 0 Å². The summed E-state index contributed by atoms with van der Waals surface area (Å²) in [5.41, 5.74) is -0.473. The molecule has 136 valence electrons. The fourth-order valence-corrected chi connectivity index (χ4v) is 3.04. The van der Waals surface area contributed by atoms with Gasteiger partial charge in [-0.1, -0.05) is 23.9 Å². The van der Waals surface area contributed by atoms with Crippen LogP contribution in [0.5, 0.6) is 0 Å². The summed E-state index contributed by atoms with van der Waals surface area (Å²) in [6, 6.07) is 5.17. The fourth-order valence-electron chi connectivity index (χ4n) is 1.97. The number of aromatic nitrogens is 2. The maximum atomic E-state index is 13.1. The number of anilines is 1. The van der Waals surface area contributed by atoms with Gasteiger partial charge in [0.05, 0.1) is 16.2 Å². The lowest BCUT2D eigenvalue weighted by Crippen LogP contribution is -2.12. The molecule has 2 aromatic rings. The summed E-state index contributed by atoms with van der Waals surface area (Å²) in [5.74, 6) is -1.51. The Labute approximate surface area is 152 Å². The van der Waals surface area contributed by atoms with E-state index in [4.69, 9.17) is 5.11 Å². The van der Waals surface area contributed by atoms with Crippen LogP contribution in [0.2, 0.25) is 0 Å². The molecule has 1 aromatic heterocycles. The molecule has 0 bridgehead atoms. The second-order valence-corrected chi connectivity index (χ2v) is 5.79. The Balaban J connectivity index is 0.00000312. The first-order chi connectivity index (χ1) is 11.2. The summed E-state index contributed by atoms with van der Waals surface area (Å²) in [7, 11) is 0. The molecule has 0 aliphatic rings. The van der Waals surface area contributed by atoms with E-state index in [1.54, 1.807) is 6.92 Å². The Bertz CT molecular complexity index is 772. The van der Waals surface area contributed by atoms with E-state index in [-0.39, 0.29) is 23.1 Å². The van der Waals surface area contributed by atoms with Crippen molar-refractivity contribution in [1.29, 1.82) is 0 Å². The Morgan fingerprint density at radius 3 is 2.48 bits per heavy atom. The van der Waals surface area contributed by atoms with E-state index in [1.165, 1.54) is 25.1 Å². The lowest BCUT2D eigenvalue weighted by molar-refractivity contribution is -0.139. The van der Waals surface area contributed by atoms with Crippen molar-refractivity contribution in [2.24, 2.45) is 0 Å². The van der Waals surface area contributed by atoms with Crippen LogP contribution in [-0.2, 0) is 6.18 Å². The highest BCUT2D eigenvalue weighted by molar-refractivity contribution is 7.99. The van der Waals surface area contributed by atoms with E-state index in [0.29, 0.717) is 17.1 Å². The van der Waals surface area contributed by atoms with Crippen molar-refractivity contribution in [1.82, 2.24) is 9.97 Å². The zero-order valence-electron chi connectivity index (χ0n) is 13.2. The van der Waals surface area contributed by atoms with Crippen LogP contribution in [0.15, 0.2) is 34.1 Å². The van der Waals surface area contributed by atoms with Gasteiger partial charge in [-0.3, -0.25) is 0 Å². The van der Waals surface area contributed by atoms with Crippen molar-refractivity contribution < 1.29 is 23.1 Å². The molecule has 0 fully saturated rings. The summed E-state index contributed by atoms with van der Waals surface area (Å²) < 4.78 is 39.4. The number of aromatic carboxylic acids is 1. The highest BCUT2D eigenvalue weighted by Gasteiger charge is 2.33. The van der Waals surface area contributed by atoms with Crippen LogP contribution in [-0.4, -0.2) is 27.6 Å². The van der Waals surface area contributed by atoms with E-state index in [2.05, 4.69) is 15.3 Å². The number of nitrogens with zero attached hydrogens (tertiary/aromatic N) is 2. The monoisotopic (exact) mass is 393 g/mol. The predicted molar refractivity (Wildman–Crippen MR) is 90.7 cm³/mol. The standard InChI is InChI=1S/C15H14F3N3O2S.ClH/c1-3-19-12-11(8(2)20-13(21-12)14(22)23)24-10-7-5-4-6-9(10)15(16,17)18;/h4-7H,3H2,1-2H3,(H,22,23)(H,19,20,21);1H. The number of aryl methyl sites for hydroxylation is 1. The van der Waals surface area contributed by atoms with Crippen molar-refractivity contribution in [3.8, 4) is 0 Å². The van der Waals surface area contributed by atoms with Gasteiger partial charge in [0.1, 0.15) is 5.82 Å². The molecule has 0 atom stereocenters. The SMILES string of the molecule is CCNc1nc(C(=O)O)nc(C)c1Sc1ccccc1C(F)(F)F.Cl. The van der Waals surface area contributed by atoms with Crippen LogP contribution in [0.4, 0.5) is 19.0 Å². The Hall–Kier alpha value is -2.00. The van der Waals surface area contributed by atoms with Crippen LogP contribution < -0.4 is 5.32 Å². The molecule has 25 heavy (non-hydrogen) atoms. The summed E-state index contributed by atoms with van der Waals surface area (Å²) in [6.45, 7) is 3.74. The topological polar surface area (TPSA) is 75.1 Å². The molecule has 0 unspecified atom stereocenters. The smallest absolute Gasteiger partial charge is 0.417 e. The fraction of sp³-hybridized carbons (Fsp3) is 0.267. The van der Waals surface area contributed by atoms with Crippen molar-refractivity contribution in [2.75, 3.05) is 11.9 Å². The lowest BCUT2D eigenvalue weighted by Gasteiger charge is -2.15. The third kappa shape index (κ3) is 4.99. The summed E-state index contributed by atoms with van der Waals surface area (Å²) in [4.78, 5) is 19.2. The molecule has 0 saturated carbocycles. The van der Waals surface area contributed by atoms with Crippen LogP contribution >= 0.6 is 24.2 Å². The number of rotatable bonds is 5. The van der Waals surface area contributed by atoms with E-state index in [1.807, 2.05) is 0 Å². The second kappa shape index (κ2) is 8.39. The van der Waals surface area contributed by atoms with E-state index < -0.39 is 23.5 Å². The molecule has 2 N–H and O–H groups in total. The third-order valence-corrected chi connectivity index (χ3v) is 4.24.